The highest BCUT2D eigenvalue weighted by Crippen LogP contribution is 2.24. The van der Waals surface area contributed by atoms with E-state index in [9.17, 15) is 9.59 Å². The summed E-state index contributed by atoms with van der Waals surface area (Å²) < 4.78 is 5.12. The zero-order valence-corrected chi connectivity index (χ0v) is 14.8. The van der Waals surface area contributed by atoms with Gasteiger partial charge < -0.3 is 15.0 Å². The number of benzene rings is 1. The number of amides is 1. The average Bonchev–Trinajstić information content (AvgIpc) is 3.15. The van der Waals surface area contributed by atoms with Crippen molar-refractivity contribution in [1.29, 1.82) is 0 Å². The molecule has 1 N–H and O–H groups in total. The van der Waals surface area contributed by atoms with Gasteiger partial charge in [-0.2, -0.15) is 0 Å². The topological polar surface area (TPSA) is 58.6 Å². The van der Waals surface area contributed by atoms with Crippen LogP contribution in [0.25, 0.3) is 0 Å². The van der Waals surface area contributed by atoms with E-state index in [2.05, 4.69) is 5.32 Å². The molecule has 0 radical (unpaired) electrons. The van der Waals surface area contributed by atoms with Crippen molar-refractivity contribution in [3.63, 3.8) is 0 Å². The summed E-state index contributed by atoms with van der Waals surface area (Å²) in [4.78, 5) is 26.9. The lowest BCUT2D eigenvalue weighted by molar-refractivity contribution is -0.134. The Hall–Kier alpha value is -1.59. The molecule has 3 rings (SSSR count). The molecule has 5 nitrogen and oxygen atoms in total. The summed E-state index contributed by atoms with van der Waals surface area (Å²) >= 11 is 0. The minimum absolute atomic E-state index is 0. The second kappa shape index (κ2) is 8.49. The van der Waals surface area contributed by atoms with E-state index in [1.54, 1.807) is 7.11 Å². The highest BCUT2D eigenvalue weighted by molar-refractivity contribution is 5.98. The molecule has 0 saturated carbocycles. The van der Waals surface area contributed by atoms with Gasteiger partial charge in [-0.05, 0) is 56.5 Å². The molecule has 2 fully saturated rings. The molecule has 132 valence electrons. The molecule has 2 aliphatic heterocycles. The summed E-state index contributed by atoms with van der Waals surface area (Å²) in [5, 5.41) is 3.25. The normalized spacial score (nSPS) is 21.2. The van der Waals surface area contributed by atoms with E-state index in [4.69, 9.17) is 4.74 Å². The molecule has 1 atom stereocenters. The Morgan fingerprint density at radius 1 is 1.12 bits per heavy atom. The minimum atomic E-state index is -0.0103. The number of Topliss-reactive ketones (excluding diaryl/α,β-unsaturated/α-hetero) is 1. The van der Waals surface area contributed by atoms with Crippen molar-refractivity contribution in [3.8, 4) is 5.75 Å². The molecule has 0 aromatic heterocycles. The molecule has 24 heavy (non-hydrogen) atoms. The number of nitrogens with zero attached hydrogens (tertiary/aromatic N) is 1. The third-order valence-electron chi connectivity index (χ3n) is 4.91. The Labute approximate surface area is 149 Å². The quantitative estimate of drug-likeness (QED) is 0.845. The van der Waals surface area contributed by atoms with Crippen molar-refractivity contribution in [2.45, 2.75) is 31.7 Å². The Morgan fingerprint density at radius 2 is 1.79 bits per heavy atom. The summed E-state index contributed by atoms with van der Waals surface area (Å²) in [5.74, 6) is 1.16. The van der Waals surface area contributed by atoms with Gasteiger partial charge >= 0.3 is 0 Å². The molecule has 0 bridgehead atoms. The molecule has 1 aromatic rings. The van der Waals surface area contributed by atoms with Crippen LogP contribution in [0.4, 0.5) is 0 Å². The van der Waals surface area contributed by atoms with Gasteiger partial charge in [0.05, 0.1) is 13.2 Å². The van der Waals surface area contributed by atoms with Crippen LogP contribution in [0.1, 0.15) is 36.0 Å². The summed E-state index contributed by atoms with van der Waals surface area (Å²) in [6.07, 6.45) is 3.51. The van der Waals surface area contributed by atoms with Crippen molar-refractivity contribution in [2.24, 2.45) is 5.92 Å². The lowest BCUT2D eigenvalue weighted by atomic mass is 9.88. The second-order valence-electron chi connectivity index (χ2n) is 6.34. The molecule has 2 aliphatic rings. The number of likely N-dealkylation sites (tertiary alicyclic amines) is 1. The molecule has 0 spiro atoms. The number of hydrogen-bond donors (Lipinski definition) is 1. The number of methoxy groups -OCH3 is 1. The lowest BCUT2D eigenvalue weighted by Crippen LogP contribution is -2.47. The second-order valence-corrected chi connectivity index (χ2v) is 6.34. The Balaban J connectivity index is 0.00000208. The van der Waals surface area contributed by atoms with Crippen molar-refractivity contribution in [3.05, 3.63) is 29.8 Å². The van der Waals surface area contributed by atoms with Crippen LogP contribution >= 0.6 is 12.4 Å². The molecule has 1 aromatic carbocycles. The molecule has 2 saturated heterocycles. The average molecular weight is 353 g/mol. The Kier molecular flexibility index (Phi) is 6.63. The van der Waals surface area contributed by atoms with E-state index in [0.29, 0.717) is 13.1 Å². The van der Waals surface area contributed by atoms with E-state index in [1.807, 2.05) is 29.2 Å². The molecule has 1 amide bonds. The van der Waals surface area contributed by atoms with Crippen molar-refractivity contribution in [1.82, 2.24) is 10.2 Å². The van der Waals surface area contributed by atoms with Gasteiger partial charge in [0.2, 0.25) is 5.91 Å². The van der Waals surface area contributed by atoms with Crippen LogP contribution in [0, 0.1) is 5.92 Å². The van der Waals surface area contributed by atoms with Crippen molar-refractivity contribution >= 4 is 24.1 Å². The maximum atomic E-state index is 12.6. The first-order valence-electron chi connectivity index (χ1n) is 8.39. The molecular formula is C18H25ClN2O3. The van der Waals surface area contributed by atoms with E-state index in [1.165, 1.54) is 0 Å². The summed E-state index contributed by atoms with van der Waals surface area (Å²) in [5.41, 5.74) is 0.730. The first-order chi connectivity index (χ1) is 11.2. The van der Waals surface area contributed by atoms with Crippen LogP contribution in [0.5, 0.6) is 5.75 Å². The largest absolute Gasteiger partial charge is 0.497 e. The SMILES string of the molecule is COc1ccc(C(=O)C2CCN(C(=O)C3CCCN3)CC2)cc1.Cl. The highest BCUT2D eigenvalue weighted by Gasteiger charge is 2.32. The maximum Gasteiger partial charge on any atom is 0.239 e. The van der Waals surface area contributed by atoms with Crippen LogP contribution in [-0.4, -0.2) is 49.4 Å². The van der Waals surface area contributed by atoms with Gasteiger partial charge in [0, 0.05) is 24.6 Å². The van der Waals surface area contributed by atoms with E-state index in [-0.39, 0.29) is 36.1 Å². The molecular weight excluding hydrogens is 328 g/mol. The third kappa shape index (κ3) is 4.08. The number of halogens is 1. The van der Waals surface area contributed by atoms with Crippen LogP contribution in [0.2, 0.25) is 0 Å². The molecule has 2 heterocycles. The van der Waals surface area contributed by atoms with E-state index >= 15 is 0 Å². The number of carbonyl (C=O) groups is 2. The van der Waals surface area contributed by atoms with Gasteiger partial charge in [0.1, 0.15) is 5.75 Å². The fraction of sp³-hybridized carbons (Fsp3) is 0.556. The van der Waals surface area contributed by atoms with E-state index < -0.39 is 0 Å². The number of carbonyl (C=O) groups excluding carboxylic acids is 2. The van der Waals surface area contributed by atoms with Crippen LogP contribution in [0.15, 0.2) is 24.3 Å². The lowest BCUT2D eigenvalue weighted by Gasteiger charge is -2.33. The summed E-state index contributed by atoms with van der Waals surface area (Å²) in [6.45, 7) is 2.30. The van der Waals surface area contributed by atoms with Crippen molar-refractivity contribution in [2.75, 3.05) is 26.7 Å². The summed E-state index contributed by atoms with van der Waals surface area (Å²) in [7, 11) is 1.61. The Morgan fingerprint density at radius 3 is 2.33 bits per heavy atom. The van der Waals surface area contributed by atoms with Crippen molar-refractivity contribution < 1.29 is 14.3 Å². The fourth-order valence-electron chi connectivity index (χ4n) is 3.47. The first kappa shape index (κ1) is 18.7. The number of rotatable bonds is 4. The van der Waals surface area contributed by atoms with Crippen LogP contribution in [0.3, 0.4) is 0 Å². The van der Waals surface area contributed by atoms with Gasteiger partial charge in [0.25, 0.3) is 0 Å². The van der Waals surface area contributed by atoms with Gasteiger partial charge in [-0.1, -0.05) is 0 Å². The molecule has 0 aliphatic carbocycles. The number of hydrogen-bond acceptors (Lipinski definition) is 4. The van der Waals surface area contributed by atoms with Gasteiger partial charge in [-0.25, -0.2) is 0 Å². The zero-order valence-electron chi connectivity index (χ0n) is 14.0. The Bertz CT molecular complexity index is 562. The first-order valence-corrected chi connectivity index (χ1v) is 8.39. The number of piperidine rings is 1. The standard InChI is InChI=1S/C18H24N2O3.ClH/c1-23-15-6-4-13(5-7-15)17(21)14-8-11-20(12-9-14)18(22)16-3-2-10-19-16;/h4-7,14,16,19H,2-3,8-12H2,1H3;1H. The van der Waals surface area contributed by atoms with Crippen LogP contribution < -0.4 is 10.1 Å². The fourth-order valence-corrected chi connectivity index (χ4v) is 3.47. The smallest absolute Gasteiger partial charge is 0.239 e. The zero-order chi connectivity index (χ0) is 16.2. The predicted molar refractivity (Wildman–Crippen MR) is 94.9 cm³/mol. The minimum Gasteiger partial charge on any atom is -0.497 e. The monoisotopic (exact) mass is 352 g/mol. The van der Waals surface area contributed by atoms with Crippen LogP contribution in [-0.2, 0) is 4.79 Å². The van der Waals surface area contributed by atoms with E-state index in [0.717, 1.165) is 43.5 Å². The summed E-state index contributed by atoms with van der Waals surface area (Å²) in [6, 6.07) is 7.27. The van der Waals surface area contributed by atoms with Gasteiger partial charge in [-0.3, -0.25) is 9.59 Å². The maximum absolute atomic E-state index is 12.6. The third-order valence-corrected chi connectivity index (χ3v) is 4.91. The predicted octanol–water partition coefficient (Wildman–Crippen LogP) is 2.29. The van der Waals surface area contributed by atoms with Gasteiger partial charge in [0.15, 0.2) is 5.78 Å². The van der Waals surface area contributed by atoms with Gasteiger partial charge in [-0.15, -0.1) is 12.4 Å². The number of ether oxygens (including phenoxy) is 1. The number of ketones is 1. The molecule has 6 heteroatoms. The number of nitrogens with one attached hydrogen (secondary N) is 1. The molecule has 1 unspecified atom stereocenters. The highest BCUT2D eigenvalue weighted by atomic mass is 35.5.